The second kappa shape index (κ2) is 11.7. The molecule has 0 aromatic heterocycles. The Morgan fingerprint density at radius 2 is 1.77 bits per heavy atom. The molecule has 1 aliphatic heterocycles. The van der Waals surface area contributed by atoms with Crippen LogP contribution in [0, 0.1) is 5.92 Å². The lowest BCUT2D eigenvalue weighted by Gasteiger charge is -2.26. The van der Waals surface area contributed by atoms with Gasteiger partial charge in [-0.3, -0.25) is 0 Å². The normalized spacial score (nSPS) is 22.0. The van der Waals surface area contributed by atoms with Gasteiger partial charge in [0.1, 0.15) is 0 Å². The summed E-state index contributed by atoms with van der Waals surface area (Å²) in [4.78, 5) is 2.41. The van der Waals surface area contributed by atoms with Crippen LogP contribution in [0.25, 0.3) is 0 Å². The maximum atomic E-state index is 3.00. The zero-order valence-electron chi connectivity index (χ0n) is 9.97. The third-order valence-corrected chi connectivity index (χ3v) is 1.86. The fraction of sp³-hybridized carbons (Fsp3) is 0.833. The molecule has 1 nitrogen and oxygen atoms in total. The minimum absolute atomic E-state index is 0.939. The fourth-order valence-electron chi connectivity index (χ4n) is 1.42. The lowest BCUT2D eigenvalue weighted by atomic mass is 10.0. The first kappa shape index (κ1) is 15.2. The minimum atomic E-state index is 0.939. The van der Waals surface area contributed by atoms with Crippen molar-refractivity contribution in [3.05, 3.63) is 13.2 Å². The lowest BCUT2D eigenvalue weighted by Crippen LogP contribution is -2.30. The summed E-state index contributed by atoms with van der Waals surface area (Å²) < 4.78 is 0. The van der Waals surface area contributed by atoms with Gasteiger partial charge in [0.2, 0.25) is 0 Å². The van der Waals surface area contributed by atoms with Crippen LogP contribution >= 0.6 is 0 Å². The van der Waals surface area contributed by atoms with E-state index in [1.54, 1.807) is 0 Å². The Kier molecular flexibility index (Phi) is 13.7. The van der Waals surface area contributed by atoms with Crippen LogP contribution in [-0.4, -0.2) is 25.0 Å². The molecule has 1 rings (SSSR count). The second-order valence-electron chi connectivity index (χ2n) is 3.72. The second-order valence-corrected chi connectivity index (χ2v) is 3.72. The van der Waals surface area contributed by atoms with Crippen LogP contribution in [0.5, 0.6) is 0 Å². The van der Waals surface area contributed by atoms with E-state index in [4.69, 9.17) is 0 Å². The van der Waals surface area contributed by atoms with E-state index in [9.17, 15) is 0 Å². The molecule has 1 heterocycles. The molecule has 0 aromatic rings. The molecular weight excluding hydrogens is 158 g/mol. The number of rotatable bonds is 0. The Bertz CT molecular complexity index is 83.1. The third-order valence-electron chi connectivity index (χ3n) is 1.86. The zero-order chi connectivity index (χ0) is 10.7. The van der Waals surface area contributed by atoms with Crippen LogP contribution in [0.3, 0.4) is 0 Å². The van der Waals surface area contributed by atoms with Crippen molar-refractivity contribution >= 4 is 0 Å². The van der Waals surface area contributed by atoms with E-state index in [1.807, 2.05) is 0 Å². The molecule has 1 unspecified atom stereocenters. The zero-order valence-corrected chi connectivity index (χ0v) is 9.97. The Morgan fingerprint density at radius 1 is 1.31 bits per heavy atom. The van der Waals surface area contributed by atoms with Crippen molar-refractivity contribution in [2.75, 3.05) is 20.1 Å². The van der Waals surface area contributed by atoms with E-state index >= 15 is 0 Å². The van der Waals surface area contributed by atoms with Gasteiger partial charge in [0.25, 0.3) is 0 Å². The third kappa shape index (κ3) is 11.7. The van der Waals surface area contributed by atoms with Crippen LogP contribution in [0.2, 0.25) is 0 Å². The first-order chi connectivity index (χ1) is 6.20. The highest BCUT2D eigenvalue weighted by atomic mass is 15.1. The first-order valence-electron chi connectivity index (χ1n) is 5.39. The molecule has 80 valence electrons. The summed E-state index contributed by atoms with van der Waals surface area (Å²) >= 11 is 0. The van der Waals surface area contributed by atoms with Gasteiger partial charge in [0.05, 0.1) is 0 Å². The summed E-state index contributed by atoms with van der Waals surface area (Å²) in [5.41, 5.74) is 0. The van der Waals surface area contributed by atoms with Gasteiger partial charge in [-0.05, 0) is 32.4 Å². The van der Waals surface area contributed by atoms with Crippen molar-refractivity contribution in [2.45, 2.75) is 40.0 Å². The maximum absolute atomic E-state index is 3.00. The van der Waals surface area contributed by atoms with Crippen molar-refractivity contribution in [3.63, 3.8) is 0 Å². The SMILES string of the molecule is C=C.CC1CCCN(C)C1.CCC. The van der Waals surface area contributed by atoms with Crippen LogP contribution in [0.15, 0.2) is 13.2 Å². The molecule has 0 N–H and O–H groups in total. The molecule has 1 atom stereocenters. The predicted octanol–water partition coefficient (Wildman–Crippen LogP) is 3.57. The van der Waals surface area contributed by atoms with Crippen molar-refractivity contribution < 1.29 is 0 Å². The molecule has 1 aliphatic rings. The minimum Gasteiger partial charge on any atom is -0.306 e. The van der Waals surface area contributed by atoms with E-state index < -0.39 is 0 Å². The van der Waals surface area contributed by atoms with Crippen LogP contribution < -0.4 is 0 Å². The molecular formula is C12H27N. The Morgan fingerprint density at radius 3 is 2.00 bits per heavy atom. The summed E-state index contributed by atoms with van der Waals surface area (Å²) in [7, 11) is 2.20. The van der Waals surface area contributed by atoms with Crippen molar-refractivity contribution in [1.29, 1.82) is 0 Å². The van der Waals surface area contributed by atoms with E-state index in [0.717, 1.165) is 5.92 Å². The number of piperidine rings is 1. The number of nitrogens with zero attached hydrogens (tertiary/aromatic N) is 1. The molecule has 1 saturated heterocycles. The first-order valence-corrected chi connectivity index (χ1v) is 5.39. The highest BCUT2D eigenvalue weighted by Gasteiger charge is 2.11. The van der Waals surface area contributed by atoms with Gasteiger partial charge < -0.3 is 4.90 Å². The number of likely N-dealkylation sites (tertiary alicyclic amines) is 1. The van der Waals surface area contributed by atoms with Crippen LogP contribution in [0.4, 0.5) is 0 Å². The maximum Gasteiger partial charge on any atom is 0.000398 e. The molecule has 1 heteroatoms. The van der Waals surface area contributed by atoms with Gasteiger partial charge in [0, 0.05) is 6.54 Å². The van der Waals surface area contributed by atoms with Crippen LogP contribution in [0.1, 0.15) is 40.0 Å². The Balaban J connectivity index is 0. The average molecular weight is 185 g/mol. The molecule has 0 bridgehead atoms. The molecule has 13 heavy (non-hydrogen) atoms. The Labute approximate surface area is 84.8 Å². The van der Waals surface area contributed by atoms with E-state index in [0.29, 0.717) is 0 Å². The van der Waals surface area contributed by atoms with E-state index in [-0.39, 0.29) is 0 Å². The molecule has 1 fully saturated rings. The van der Waals surface area contributed by atoms with Crippen molar-refractivity contribution in [1.82, 2.24) is 4.90 Å². The van der Waals surface area contributed by atoms with E-state index in [1.165, 1.54) is 32.4 Å². The predicted molar refractivity (Wildman–Crippen MR) is 63.1 cm³/mol. The summed E-state index contributed by atoms with van der Waals surface area (Å²) in [5.74, 6) is 0.939. The monoisotopic (exact) mass is 185 g/mol. The van der Waals surface area contributed by atoms with Gasteiger partial charge in [-0.2, -0.15) is 0 Å². The van der Waals surface area contributed by atoms with Crippen molar-refractivity contribution in [2.24, 2.45) is 5.92 Å². The Hall–Kier alpha value is -0.300. The van der Waals surface area contributed by atoms with Gasteiger partial charge in [-0.15, -0.1) is 13.2 Å². The standard InChI is InChI=1S/C7H15N.C3H8.C2H4/c1-7-4-3-5-8(2)6-7;1-3-2;1-2/h7H,3-6H2,1-2H3;3H2,1-2H3;1-2H2. The van der Waals surface area contributed by atoms with Gasteiger partial charge in [-0.1, -0.05) is 27.2 Å². The fourth-order valence-corrected chi connectivity index (χ4v) is 1.42. The summed E-state index contributed by atoms with van der Waals surface area (Å²) in [6, 6.07) is 0. The van der Waals surface area contributed by atoms with Gasteiger partial charge in [-0.25, -0.2) is 0 Å². The topological polar surface area (TPSA) is 3.24 Å². The highest BCUT2D eigenvalue weighted by Crippen LogP contribution is 2.12. The molecule has 0 amide bonds. The van der Waals surface area contributed by atoms with Crippen molar-refractivity contribution in [3.8, 4) is 0 Å². The van der Waals surface area contributed by atoms with Gasteiger partial charge >= 0.3 is 0 Å². The quantitative estimate of drug-likeness (QED) is 0.522. The van der Waals surface area contributed by atoms with E-state index in [2.05, 4.69) is 45.9 Å². The number of hydrogen-bond acceptors (Lipinski definition) is 1. The molecule has 0 aromatic carbocycles. The molecule has 0 spiro atoms. The summed E-state index contributed by atoms with van der Waals surface area (Å²) in [6.07, 6.45) is 4.09. The van der Waals surface area contributed by atoms with Crippen LogP contribution in [-0.2, 0) is 0 Å². The summed E-state index contributed by atoms with van der Waals surface area (Å²) in [6.45, 7) is 15.2. The largest absolute Gasteiger partial charge is 0.306 e. The number of hydrogen-bond donors (Lipinski definition) is 0. The molecule has 0 saturated carbocycles. The van der Waals surface area contributed by atoms with Gasteiger partial charge in [0.15, 0.2) is 0 Å². The highest BCUT2D eigenvalue weighted by molar-refractivity contribution is 4.65. The molecule has 0 aliphatic carbocycles. The smallest absolute Gasteiger partial charge is 0.000398 e. The lowest BCUT2D eigenvalue weighted by molar-refractivity contribution is 0.221. The average Bonchev–Trinajstić information content (AvgIpc) is 2.08. The summed E-state index contributed by atoms with van der Waals surface area (Å²) in [5, 5.41) is 0. The molecule has 0 radical (unpaired) electrons.